The van der Waals surface area contributed by atoms with Gasteiger partial charge in [0.15, 0.2) is 0 Å². The number of hydrogen-bond acceptors (Lipinski definition) is 5. The molecule has 0 spiro atoms. The van der Waals surface area contributed by atoms with Gasteiger partial charge in [-0.3, -0.25) is 14.6 Å². The van der Waals surface area contributed by atoms with Crippen LogP contribution < -0.4 is 9.47 Å². The topological polar surface area (TPSA) is 87.8 Å². The number of nitrogens with one attached hydrogen (secondary N) is 1. The molecule has 3 rings (SSSR count). The smallest absolute Gasteiger partial charge is 0.265 e. The first-order valence-corrected chi connectivity index (χ1v) is 9.11. The number of aromatic nitrogens is 2. The van der Waals surface area contributed by atoms with Crippen LogP contribution in [0.4, 0.5) is 0 Å². The van der Waals surface area contributed by atoms with E-state index < -0.39 is 0 Å². The molecule has 2 aromatic rings. The van der Waals surface area contributed by atoms with Crippen LogP contribution in [0.25, 0.3) is 6.08 Å². The van der Waals surface area contributed by atoms with Gasteiger partial charge in [0, 0.05) is 43.0 Å². The minimum absolute atomic E-state index is 0.0761. The number of benzene rings is 1. The molecule has 1 aromatic carbocycles. The first-order chi connectivity index (χ1) is 13.6. The Labute approximate surface area is 163 Å². The number of nitrogens with zero attached hydrogens (tertiary/aromatic N) is 3. The number of amides is 2. The van der Waals surface area contributed by atoms with Gasteiger partial charge in [-0.2, -0.15) is 0 Å². The maximum Gasteiger partial charge on any atom is 0.265 e. The molecular weight excluding hydrogens is 360 g/mol. The summed E-state index contributed by atoms with van der Waals surface area (Å²) in [6, 6.07) is 5.36. The molecule has 1 saturated heterocycles. The third kappa shape index (κ3) is 4.51. The van der Waals surface area contributed by atoms with Gasteiger partial charge in [0.05, 0.1) is 20.5 Å². The number of hydrazine groups is 1. The largest absolute Gasteiger partial charge is 0.497 e. The Bertz CT molecular complexity index is 848. The molecule has 1 aliphatic rings. The molecule has 8 heteroatoms. The lowest BCUT2D eigenvalue weighted by Crippen LogP contribution is -2.44. The number of aryl methyl sites for hydroxylation is 1. The first-order valence-electron chi connectivity index (χ1n) is 9.11. The number of hydrogen-bond donors (Lipinski definition) is 1. The predicted molar refractivity (Wildman–Crippen MR) is 104 cm³/mol. The number of ether oxygens (including phenoxy) is 2. The van der Waals surface area contributed by atoms with Crippen molar-refractivity contribution in [3.8, 4) is 11.5 Å². The van der Waals surface area contributed by atoms with Gasteiger partial charge < -0.3 is 14.5 Å². The average Bonchev–Trinajstić information content (AvgIpc) is 3.41. The van der Waals surface area contributed by atoms with Gasteiger partial charge in [-0.15, -0.1) is 0 Å². The van der Waals surface area contributed by atoms with E-state index in [1.165, 1.54) is 16.1 Å². The molecule has 1 N–H and O–H groups in total. The summed E-state index contributed by atoms with van der Waals surface area (Å²) in [6.45, 7) is 1.07. The van der Waals surface area contributed by atoms with Crippen LogP contribution >= 0.6 is 0 Å². The molecule has 0 aliphatic carbocycles. The lowest BCUT2D eigenvalue weighted by molar-refractivity contribution is -0.154. The number of methoxy groups -OCH3 is 2. The van der Waals surface area contributed by atoms with E-state index in [0.29, 0.717) is 37.4 Å². The van der Waals surface area contributed by atoms with Crippen molar-refractivity contribution in [1.29, 1.82) is 0 Å². The molecule has 0 bridgehead atoms. The van der Waals surface area contributed by atoms with Crippen LogP contribution in [0.1, 0.15) is 24.1 Å². The monoisotopic (exact) mass is 384 g/mol. The van der Waals surface area contributed by atoms with E-state index in [-0.39, 0.29) is 11.8 Å². The Kier molecular flexibility index (Phi) is 6.31. The molecular formula is C20H24N4O4. The van der Waals surface area contributed by atoms with Gasteiger partial charge in [-0.25, -0.2) is 9.99 Å². The van der Waals surface area contributed by atoms with Crippen molar-refractivity contribution in [2.75, 3.05) is 27.3 Å². The number of carbonyl (C=O) groups excluding carboxylic acids is 2. The second-order valence-corrected chi connectivity index (χ2v) is 6.35. The standard InChI is InChI=1S/C20H24N4O4/c1-27-17-6-7-18(28-2)15(12-17)4-8-19(25)23-10-3-11-24(23)20(26)9-5-16-13-21-14-22-16/h4,6-8,12-14H,3,5,9-11H2,1-2H3,(H,21,22). The molecule has 1 aromatic heterocycles. The molecule has 2 amide bonds. The van der Waals surface area contributed by atoms with E-state index in [9.17, 15) is 9.59 Å². The lowest BCUT2D eigenvalue weighted by Gasteiger charge is -2.27. The van der Waals surface area contributed by atoms with E-state index >= 15 is 0 Å². The van der Waals surface area contributed by atoms with Crippen molar-refractivity contribution in [3.63, 3.8) is 0 Å². The first kappa shape index (κ1) is 19.5. The van der Waals surface area contributed by atoms with Crippen molar-refractivity contribution in [2.45, 2.75) is 19.3 Å². The SMILES string of the molecule is COc1ccc(OC)c(C=CC(=O)N2CCCN2C(=O)CCc2cnc[nH]2)c1. The van der Waals surface area contributed by atoms with E-state index in [2.05, 4.69) is 9.97 Å². The molecule has 1 fully saturated rings. The summed E-state index contributed by atoms with van der Waals surface area (Å²) in [5.74, 6) is 0.994. The highest BCUT2D eigenvalue weighted by atomic mass is 16.5. The fourth-order valence-corrected chi connectivity index (χ4v) is 3.11. The molecule has 148 valence electrons. The Balaban J connectivity index is 1.65. The number of carbonyl (C=O) groups is 2. The number of H-pyrrole nitrogens is 1. The summed E-state index contributed by atoms with van der Waals surface area (Å²) in [5.41, 5.74) is 1.63. The molecule has 0 atom stereocenters. The van der Waals surface area contributed by atoms with Crippen LogP contribution in [0, 0.1) is 0 Å². The summed E-state index contributed by atoms with van der Waals surface area (Å²) < 4.78 is 10.5. The number of aromatic amines is 1. The summed E-state index contributed by atoms with van der Waals surface area (Å²) in [4.78, 5) is 32.2. The van der Waals surface area contributed by atoms with Crippen LogP contribution in [-0.4, -0.2) is 59.1 Å². The zero-order valence-electron chi connectivity index (χ0n) is 16.1. The van der Waals surface area contributed by atoms with Crippen molar-refractivity contribution in [3.05, 3.63) is 48.1 Å². The zero-order chi connectivity index (χ0) is 19.9. The molecule has 28 heavy (non-hydrogen) atoms. The van der Waals surface area contributed by atoms with Crippen LogP contribution in [0.15, 0.2) is 36.8 Å². The quantitative estimate of drug-likeness (QED) is 0.738. The third-order valence-corrected chi connectivity index (χ3v) is 4.58. The Hall–Kier alpha value is -3.29. The van der Waals surface area contributed by atoms with Gasteiger partial charge >= 0.3 is 0 Å². The molecule has 2 heterocycles. The lowest BCUT2D eigenvalue weighted by atomic mass is 10.1. The summed E-state index contributed by atoms with van der Waals surface area (Å²) in [7, 11) is 3.15. The molecule has 8 nitrogen and oxygen atoms in total. The minimum atomic E-state index is -0.239. The van der Waals surface area contributed by atoms with Crippen molar-refractivity contribution in [2.24, 2.45) is 0 Å². The van der Waals surface area contributed by atoms with Crippen molar-refractivity contribution >= 4 is 17.9 Å². The second kappa shape index (κ2) is 9.07. The van der Waals surface area contributed by atoms with E-state index in [0.717, 1.165) is 17.7 Å². The van der Waals surface area contributed by atoms with Gasteiger partial charge in [-0.1, -0.05) is 0 Å². The van der Waals surface area contributed by atoms with Crippen LogP contribution in [0.5, 0.6) is 11.5 Å². The Morgan fingerprint density at radius 3 is 2.75 bits per heavy atom. The second-order valence-electron chi connectivity index (χ2n) is 6.35. The molecule has 0 radical (unpaired) electrons. The number of rotatable bonds is 7. The highest BCUT2D eigenvalue weighted by Gasteiger charge is 2.29. The van der Waals surface area contributed by atoms with Crippen molar-refractivity contribution in [1.82, 2.24) is 20.0 Å². The minimum Gasteiger partial charge on any atom is -0.497 e. The third-order valence-electron chi connectivity index (χ3n) is 4.58. The Morgan fingerprint density at radius 2 is 2.04 bits per heavy atom. The fourth-order valence-electron chi connectivity index (χ4n) is 3.11. The van der Waals surface area contributed by atoms with Gasteiger partial charge in [0.1, 0.15) is 11.5 Å². The molecule has 0 unspecified atom stereocenters. The normalized spacial score (nSPS) is 13.9. The highest BCUT2D eigenvalue weighted by Crippen LogP contribution is 2.25. The maximum atomic E-state index is 12.7. The fraction of sp³-hybridized carbons (Fsp3) is 0.350. The molecule has 1 aliphatic heterocycles. The van der Waals surface area contributed by atoms with Gasteiger partial charge in [0.25, 0.3) is 5.91 Å². The van der Waals surface area contributed by atoms with E-state index in [1.807, 2.05) is 0 Å². The van der Waals surface area contributed by atoms with Gasteiger partial charge in [-0.05, 0) is 37.1 Å². The van der Waals surface area contributed by atoms with Crippen LogP contribution in [0.3, 0.4) is 0 Å². The van der Waals surface area contributed by atoms with Crippen LogP contribution in [-0.2, 0) is 16.0 Å². The summed E-state index contributed by atoms with van der Waals surface area (Å²) >= 11 is 0. The predicted octanol–water partition coefficient (Wildman–Crippen LogP) is 2.05. The maximum absolute atomic E-state index is 12.7. The van der Waals surface area contributed by atoms with E-state index in [4.69, 9.17) is 9.47 Å². The summed E-state index contributed by atoms with van der Waals surface area (Å²) in [6.07, 6.45) is 8.06. The highest BCUT2D eigenvalue weighted by molar-refractivity contribution is 5.93. The van der Waals surface area contributed by atoms with Crippen molar-refractivity contribution < 1.29 is 19.1 Å². The Morgan fingerprint density at radius 1 is 1.21 bits per heavy atom. The van der Waals surface area contributed by atoms with Gasteiger partial charge in [0.2, 0.25) is 5.91 Å². The van der Waals surface area contributed by atoms with E-state index in [1.54, 1.807) is 51.0 Å². The number of imidazole rings is 1. The van der Waals surface area contributed by atoms with Crippen LogP contribution in [0.2, 0.25) is 0 Å². The summed E-state index contributed by atoms with van der Waals surface area (Å²) in [5, 5.41) is 3.03. The molecule has 0 saturated carbocycles. The zero-order valence-corrected chi connectivity index (χ0v) is 16.1. The average molecular weight is 384 g/mol.